The van der Waals surface area contributed by atoms with E-state index in [2.05, 4.69) is 46.3 Å². The Morgan fingerprint density at radius 3 is 1.18 bits per heavy atom. The Morgan fingerprint density at radius 1 is 0.407 bits per heavy atom. The van der Waals surface area contributed by atoms with Gasteiger partial charge in [-0.05, 0) is 50.1 Å². The van der Waals surface area contributed by atoms with E-state index < -0.39 is 17.9 Å². The fourth-order valence-electron chi connectivity index (χ4n) is 8.32. The molecule has 0 bridgehead atoms. The predicted molar refractivity (Wildman–Crippen MR) is 325 cm³/mol. The molecule has 33 heteroatoms. The third-order valence-electron chi connectivity index (χ3n) is 12.9. The van der Waals surface area contributed by atoms with Gasteiger partial charge < -0.3 is 88.3 Å². The zero-order valence-corrected chi connectivity index (χ0v) is 52.1. The van der Waals surface area contributed by atoms with Crippen molar-refractivity contribution in [3.8, 4) is 23.0 Å². The average molecular weight is 1290 g/mol. The summed E-state index contributed by atoms with van der Waals surface area (Å²) in [4.78, 5) is 87.5. The third-order valence-corrected chi connectivity index (χ3v) is 12.9. The molecule has 0 aromatic carbocycles. The molecule has 0 spiro atoms. The maximum atomic E-state index is 13.2. The van der Waals surface area contributed by atoms with Gasteiger partial charge in [0.15, 0.2) is 0 Å². The standard InChI is InChI=1S/C58H93N13O20/c72-51(7-5-8-52(73)63-48-9-10-50(62-44-48)57-66-64-56(65-67-57)49-6-1-2-11-59-49)60-12-22-81-24-26-83-28-30-85-32-34-87-36-38-89-40-42-91-43-41-90-39-37-88-35-33-86-31-29-84-27-25-82-23-13-61-58(80)71-15-4-3-14-68(45-53(74)75)16-17-69(46-54(76)77)18-19-70(20-21-71)47-55(78)79/h1-2,6,9-11,44H,3-5,7-8,12-43,45-47H2,(H,60,72)(H,61,80)(H,63,73)(H,74,75)(H,76,77)(H,78,79). The lowest BCUT2D eigenvalue weighted by Gasteiger charge is -2.31. The second kappa shape index (κ2) is 50.9. The molecule has 3 aromatic heterocycles. The highest BCUT2D eigenvalue weighted by molar-refractivity contribution is 5.91. The van der Waals surface area contributed by atoms with E-state index in [1.807, 2.05) is 6.07 Å². The van der Waals surface area contributed by atoms with Crippen molar-refractivity contribution >= 4 is 41.4 Å². The Kier molecular flexibility index (Phi) is 42.9. The van der Waals surface area contributed by atoms with Crippen LogP contribution in [0, 0.1) is 0 Å². The van der Waals surface area contributed by atoms with Crippen LogP contribution in [-0.4, -0.2) is 331 Å². The fourth-order valence-corrected chi connectivity index (χ4v) is 8.32. The van der Waals surface area contributed by atoms with Crippen molar-refractivity contribution in [1.29, 1.82) is 0 Å². The maximum absolute atomic E-state index is 13.2. The Hall–Kier alpha value is -6.70. The number of carboxylic acids is 3. The van der Waals surface area contributed by atoms with Crippen LogP contribution in [0.15, 0.2) is 42.7 Å². The minimum Gasteiger partial charge on any atom is -0.480 e. The van der Waals surface area contributed by atoms with Crippen LogP contribution >= 0.6 is 0 Å². The van der Waals surface area contributed by atoms with E-state index in [0.29, 0.717) is 214 Å². The number of carbonyl (C=O) groups is 6. The van der Waals surface area contributed by atoms with Gasteiger partial charge in [0.25, 0.3) is 0 Å². The number of hydrogen-bond acceptors (Lipinski definition) is 26. The first-order valence-electron chi connectivity index (χ1n) is 30.7. The molecule has 33 nitrogen and oxygen atoms in total. The van der Waals surface area contributed by atoms with E-state index in [9.17, 15) is 44.1 Å². The summed E-state index contributed by atoms with van der Waals surface area (Å²) in [6.45, 7) is 11.1. The Balaban J connectivity index is 0.819. The van der Waals surface area contributed by atoms with Crippen molar-refractivity contribution in [1.82, 2.24) is 60.6 Å². The summed E-state index contributed by atoms with van der Waals surface area (Å²) in [7, 11) is 0. The molecule has 0 aliphatic carbocycles. The minimum atomic E-state index is -1.04. The van der Waals surface area contributed by atoms with Crippen molar-refractivity contribution in [3.05, 3.63) is 42.7 Å². The first kappa shape index (κ1) is 76.8. The number of amides is 4. The first-order chi connectivity index (χ1) is 44.4. The van der Waals surface area contributed by atoms with Crippen LogP contribution in [-0.2, 0) is 76.1 Å². The molecule has 0 saturated carbocycles. The lowest BCUT2D eigenvalue weighted by Crippen LogP contribution is -2.48. The van der Waals surface area contributed by atoms with Gasteiger partial charge in [0.1, 0.15) is 11.4 Å². The molecule has 91 heavy (non-hydrogen) atoms. The van der Waals surface area contributed by atoms with Crippen LogP contribution in [0.3, 0.4) is 0 Å². The minimum absolute atomic E-state index is 0.164. The molecule has 3 aromatic rings. The molecule has 1 fully saturated rings. The highest BCUT2D eigenvalue weighted by Crippen LogP contribution is 2.16. The molecular formula is C58H93N13O20. The smallest absolute Gasteiger partial charge is 0.317 e. The van der Waals surface area contributed by atoms with Crippen LogP contribution in [0.5, 0.6) is 0 Å². The number of hydrogen-bond donors (Lipinski definition) is 6. The van der Waals surface area contributed by atoms with E-state index in [-0.39, 0.29) is 95.5 Å². The summed E-state index contributed by atoms with van der Waals surface area (Å²) in [5, 5.41) is 53.0. The SMILES string of the molecule is O=C(O)CN1CCCCN(C(=O)NCCOCCOCCOCCOCCOCCOCCOCCOCCOCCOCCOCCNC(=O)CCCC(=O)Nc2ccc(-c3nnc(-c4ccccn4)nn3)nc2)CCN(CC(=O)O)CCN(CC(=O)O)CC1. The van der Waals surface area contributed by atoms with Crippen molar-refractivity contribution < 1.29 is 96.2 Å². The number of pyridine rings is 2. The number of aliphatic carboxylic acids is 3. The summed E-state index contributed by atoms with van der Waals surface area (Å²) in [5.41, 5.74) is 1.49. The number of carboxylic acid groups (broad SMARTS) is 3. The largest absolute Gasteiger partial charge is 0.480 e. The van der Waals surface area contributed by atoms with Gasteiger partial charge in [0.2, 0.25) is 23.5 Å². The van der Waals surface area contributed by atoms with Gasteiger partial charge >= 0.3 is 23.9 Å². The molecule has 4 rings (SSSR count). The van der Waals surface area contributed by atoms with Gasteiger partial charge in [-0.2, -0.15) is 0 Å². The van der Waals surface area contributed by atoms with Crippen LogP contribution in [0.1, 0.15) is 32.1 Å². The number of aromatic nitrogens is 6. The lowest BCUT2D eigenvalue weighted by molar-refractivity contribution is -0.140. The highest BCUT2D eigenvalue weighted by atomic mass is 16.6. The summed E-state index contributed by atoms with van der Waals surface area (Å²) in [6.07, 6.45) is 5.05. The molecule has 4 heterocycles. The van der Waals surface area contributed by atoms with Crippen molar-refractivity contribution in [2.75, 3.05) is 236 Å². The zero-order chi connectivity index (χ0) is 65.0. The normalized spacial score (nSPS) is 14.0. The van der Waals surface area contributed by atoms with Gasteiger partial charge in [0, 0.05) is 77.9 Å². The van der Waals surface area contributed by atoms with Crippen molar-refractivity contribution in [3.63, 3.8) is 0 Å². The van der Waals surface area contributed by atoms with Gasteiger partial charge in [-0.15, -0.1) is 20.4 Å². The van der Waals surface area contributed by atoms with E-state index in [1.54, 1.807) is 50.1 Å². The molecule has 0 atom stereocenters. The second-order valence-corrected chi connectivity index (χ2v) is 20.1. The number of rotatable bonds is 49. The molecule has 0 unspecified atom stereocenters. The first-order valence-corrected chi connectivity index (χ1v) is 30.7. The summed E-state index contributed by atoms with van der Waals surface area (Å²) in [6, 6.07) is 8.35. The summed E-state index contributed by atoms with van der Waals surface area (Å²) < 4.78 is 60.8. The van der Waals surface area contributed by atoms with Gasteiger partial charge in [-0.1, -0.05) is 6.07 Å². The number of nitrogens with one attached hydrogen (secondary N) is 3. The van der Waals surface area contributed by atoms with E-state index >= 15 is 0 Å². The van der Waals surface area contributed by atoms with Gasteiger partial charge in [-0.25, -0.2) is 4.79 Å². The van der Waals surface area contributed by atoms with Crippen molar-refractivity contribution in [2.45, 2.75) is 32.1 Å². The quantitative estimate of drug-likeness (QED) is 0.0397. The fraction of sp³-hybridized carbons (Fsp3) is 0.690. The molecule has 1 aliphatic rings. The lowest BCUT2D eigenvalue weighted by atomic mass is 10.2. The molecule has 510 valence electrons. The zero-order valence-electron chi connectivity index (χ0n) is 52.1. The average Bonchev–Trinajstić information content (AvgIpc) is 3.14. The highest BCUT2D eigenvalue weighted by Gasteiger charge is 2.21. The molecule has 6 N–H and O–H groups in total. The Morgan fingerprint density at radius 2 is 0.780 bits per heavy atom. The van der Waals surface area contributed by atoms with Crippen LogP contribution in [0.2, 0.25) is 0 Å². The van der Waals surface area contributed by atoms with E-state index in [1.165, 1.54) is 6.20 Å². The second-order valence-electron chi connectivity index (χ2n) is 20.1. The topological polar surface area (TPSA) is 391 Å². The number of urea groups is 1. The van der Waals surface area contributed by atoms with E-state index in [0.717, 1.165) is 0 Å². The van der Waals surface area contributed by atoms with Crippen LogP contribution in [0.25, 0.3) is 23.0 Å². The van der Waals surface area contributed by atoms with E-state index in [4.69, 9.17) is 52.1 Å². The Labute approximate surface area is 530 Å². The molecule has 0 radical (unpaired) electrons. The van der Waals surface area contributed by atoms with Gasteiger partial charge in [0.05, 0.1) is 177 Å². The molecule has 1 saturated heterocycles. The van der Waals surface area contributed by atoms with Crippen LogP contribution in [0.4, 0.5) is 10.5 Å². The third kappa shape index (κ3) is 40.0. The number of nitrogens with zero attached hydrogens (tertiary/aromatic N) is 10. The molecule has 1 aliphatic heterocycles. The molecule has 4 amide bonds. The number of anilines is 1. The molecular weight excluding hydrogens is 1200 g/mol. The number of ether oxygens (including phenoxy) is 11. The summed E-state index contributed by atoms with van der Waals surface area (Å²) >= 11 is 0. The van der Waals surface area contributed by atoms with Crippen molar-refractivity contribution in [2.24, 2.45) is 0 Å². The number of carbonyl (C=O) groups excluding carboxylic acids is 3. The Bertz CT molecular complexity index is 2420. The predicted octanol–water partition coefficient (Wildman–Crippen LogP) is -0.237. The monoisotopic (exact) mass is 1290 g/mol. The van der Waals surface area contributed by atoms with Crippen LogP contribution < -0.4 is 16.0 Å². The maximum Gasteiger partial charge on any atom is 0.317 e. The van der Waals surface area contributed by atoms with Gasteiger partial charge in [-0.3, -0.25) is 48.6 Å². The summed E-state index contributed by atoms with van der Waals surface area (Å²) in [5.74, 6) is -2.95.